The molecule has 8 aliphatic heterocycles. The molecule has 0 spiro atoms. The van der Waals surface area contributed by atoms with Crippen LogP contribution in [0.3, 0.4) is 0 Å². The quantitative estimate of drug-likeness (QED) is 0.147. The molecule has 524 valence electrons. The van der Waals surface area contributed by atoms with Gasteiger partial charge in [-0.25, -0.2) is 24.9 Å². The Bertz CT molecular complexity index is 5650. The number of fused-ring (bicyclic) bond motifs is 20. The van der Waals surface area contributed by atoms with Crippen LogP contribution in [0.2, 0.25) is 0 Å². The van der Waals surface area contributed by atoms with E-state index < -0.39 is 0 Å². The molecule has 108 heavy (non-hydrogen) atoms. The van der Waals surface area contributed by atoms with Crippen molar-refractivity contribution in [1.82, 2.24) is 29.9 Å². The van der Waals surface area contributed by atoms with Gasteiger partial charge in [0, 0.05) is 102 Å². The Balaban J connectivity index is 0.0000000983. The molecule has 0 N–H and O–H groups in total. The third-order valence-corrected chi connectivity index (χ3v) is 22.1. The number of para-hydroxylation sites is 7. The summed E-state index contributed by atoms with van der Waals surface area (Å²) in [5, 5.41) is 0. The normalized spacial score (nSPS) is 17.0. The summed E-state index contributed by atoms with van der Waals surface area (Å²) < 4.78 is 0. The number of rotatable bonds is 6. The van der Waals surface area contributed by atoms with Gasteiger partial charge in [-0.05, 0) is 142 Å². The van der Waals surface area contributed by atoms with Crippen LogP contribution in [0.1, 0.15) is 59.7 Å². The van der Waals surface area contributed by atoms with Crippen molar-refractivity contribution in [3.8, 4) is 22.3 Å². The van der Waals surface area contributed by atoms with Gasteiger partial charge in [0.25, 0.3) is 11.6 Å². The number of hydrogen-bond acceptors (Lipinski definition) is 14. The van der Waals surface area contributed by atoms with Gasteiger partial charge in [0.05, 0.1) is 17.1 Å². The summed E-state index contributed by atoms with van der Waals surface area (Å²) in [6.45, 7) is 18.5. The SMILES string of the molecule is Cc1ccccc1N1c2nccnc2N2c3ccccc3CC12.[C-]#[N+]c1ccc2c(n1)N(c1ccccc1C)C1Cc3ccc(C(C)(C)C)cc3N21.c1ccc(-c2ccccc2N2c3cccnc3N3c4ccccc4CC23)cc1.c1ccc(-c2ccccc2N2c3nccnc3N3c4ccccc4CC32)cc1. The van der Waals surface area contributed by atoms with Gasteiger partial charge in [0.1, 0.15) is 30.4 Å². The lowest BCUT2D eigenvalue weighted by Crippen LogP contribution is -2.36. The molecule has 10 aromatic carbocycles. The topological polar surface area (TPSA) is 108 Å². The maximum absolute atomic E-state index is 7.42. The summed E-state index contributed by atoms with van der Waals surface area (Å²) in [4.78, 5) is 50.7. The van der Waals surface area contributed by atoms with Gasteiger partial charge in [0.15, 0.2) is 29.1 Å². The fourth-order valence-electron chi connectivity index (χ4n) is 17.3. The van der Waals surface area contributed by atoms with Crippen molar-refractivity contribution in [2.45, 2.75) is 90.4 Å². The first-order valence-electron chi connectivity index (χ1n) is 37.1. The Hall–Kier alpha value is -13.5. The molecule has 4 unspecified atom stereocenters. The van der Waals surface area contributed by atoms with Crippen molar-refractivity contribution in [2.75, 3.05) is 39.2 Å². The van der Waals surface area contributed by atoms with E-state index >= 15 is 0 Å². The van der Waals surface area contributed by atoms with Gasteiger partial charge in [-0.15, -0.1) is 0 Å². The molecule has 22 rings (SSSR count). The highest BCUT2D eigenvalue weighted by molar-refractivity contribution is 5.96. The molecule has 14 aromatic rings. The molecule has 12 heterocycles. The summed E-state index contributed by atoms with van der Waals surface area (Å²) >= 11 is 0. The number of pyridine rings is 2. The standard InChI is InChI=1S/C25H24N4.C25H19N3.C24H18N4.C19H16N4/c1-16-8-6-7-9-19(16)29-23-14-17-10-11-18(25(2,3)4)15-21(17)28(23)20-12-13-22(26-5)27-24(20)29;1-2-9-18(10-3-1)20-12-5-7-14-22(20)27-23-15-8-16-26-25(23)28-21-13-6-4-11-19(21)17-24(27)28;1-2-8-17(9-3-1)19-11-5-7-13-21(19)28-22-16-18-10-4-6-12-20(18)27(22)23-24(28)26-15-14-25-23;1-13-6-2-4-8-15(13)22-17-12-14-7-3-5-9-16(14)23(17)19-18(22)20-10-11-21-19/h6-13,15,23H,14H2,1-4H3;1-16,24H,17H2;1-15,22H,16H2;2-11,17H,12H2,1H3. The highest BCUT2D eigenvalue weighted by Crippen LogP contribution is 2.58. The van der Waals surface area contributed by atoms with Crippen molar-refractivity contribution < 1.29 is 0 Å². The van der Waals surface area contributed by atoms with E-state index in [-0.39, 0.29) is 30.1 Å². The number of aryl methyl sites for hydroxylation is 2. The third kappa shape index (κ3) is 10.9. The largest absolute Gasteiger partial charge is 0.361 e. The van der Waals surface area contributed by atoms with Crippen LogP contribution >= 0.6 is 0 Å². The smallest absolute Gasteiger partial charge is 0.271 e. The van der Waals surface area contributed by atoms with E-state index in [0.29, 0.717) is 5.82 Å². The molecule has 0 bridgehead atoms. The molecule has 0 fully saturated rings. The van der Waals surface area contributed by atoms with E-state index in [1.807, 2.05) is 18.3 Å². The van der Waals surface area contributed by atoms with Crippen molar-refractivity contribution >= 4 is 97.6 Å². The number of anilines is 16. The van der Waals surface area contributed by atoms with Crippen LogP contribution in [0.15, 0.2) is 304 Å². The number of benzene rings is 10. The Morgan fingerprint density at radius 2 is 0.639 bits per heavy atom. The minimum Gasteiger partial charge on any atom is -0.361 e. The monoisotopic (exact) mass is 1400 g/mol. The molecule has 0 amide bonds. The highest BCUT2D eigenvalue weighted by Gasteiger charge is 2.50. The van der Waals surface area contributed by atoms with Gasteiger partial charge < -0.3 is 39.1 Å². The summed E-state index contributed by atoms with van der Waals surface area (Å²) in [6, 6.07) is 96.2. The summed E-state index contributed by atoms with van der Waals surface area (Å²) in [7, 11) is 0. The van der Waals surface area contributed by atoms with Gasteiger partial charge in [-0.3, -0.25) is 4.90 Å². The van der Waals surface area contributed by atoms with Gasteiger partial charge in [-0.2, -0.15) is 0 Å². The summed E-state index contributed by atoms with van der Waals surface area (Å²) in [5.41, 5.74) is 26.2. The van der Waals surface area contributed by atoms with Gasteiger partial charge in [-0.1, -0.05) is 233 Å². The third-order valence-electron chi connectivity index (χ3n) is 22.1. The summed E-state index contributed by atoms with van der Waals surface area (Å²) in [5.74, 6) is 6.11. The number of hydrogen-bond donors (Lipinski definition) is 0. The Kier molecular flexibility index (Phi) is 16.1. The van der Waals surface area contributed by atoms with Crippen molar-refractivity contribution in [3.05, 3.63) is 354 Å². The van der Waals surface area contributed by atoms with Gasteiger partial charge >= 0.3 is 0 Å². The molecular formula is C93H77N15. The van der Waals surface area contributed by atoms with Crippen LogP contribution in [0, 0.1) is 20.4 Å². The lowest BCUT2D eigenvalue weighted by Gasteiger charge is -2.29. The summed E-state index contributed by atoms with van der Waals surface area (Å²) in [6.07, 6.45) is 13.6. The minimum absolute atomic E-state index is 0.0948. The second-order valence-electron chi connectivity index (χ2n) is 29.4. The molecule has 15 heteroatoms. The molecule has 0 saturated carbocycles. The first-order chi connectivity index (χ1) is 53.1. The van der Waals surface area contributed by atoms with Crippen LogP contribution in [0.4, 0.5) is 97.6 Å². The van der Waals surface area contributed by atoms with E-state index in [2.05, 4.69) is 349 Å². The zero-order valence-corrected chi connectivity index (χ0v) is 60.7. The highest BCUT2D eigenvalue weighted by atomic mass is 15.5. The van der Waals surface area contributed by atoms with Crippen molar-refractivity contribution in [2.24, 2.45) is 0 Å². The first kappa shape index (κ1) is 65.3. The van der Waals surface area contributed by atoms with E-state index in [1.54, 1.807) is 24.8 Å². The number of aromatic nitrogens is 6. The van der Waals surface area contributed by atoms with Crippen LogP contribution in [-0.4, -0.2) is 54.6 Å². The zero-order chi connectivity index (χ0) is 72.7. The van der Waals surface area contributed by atoms with E-state index in [0.717, 1.165) is 77.7 Å². The molecule has 4 aromatic heterocycles. The Labute approximate surface area is 630 Å². The maximum atomic E-state index is 7.42. The molecule has 4 atom stereocenters. The average Bonchev–Trinajstić information content (AvgIpc) is 1.70. The van der Waals surface area contributed by atoms with E-state index in [1.165, 1.54) is 101 Å². The minimum atomic E-state index is 0.0948. The molecular weight excluding hydrogens is 1330 g/mol. The van der Waals surface area contributed by atoms with Crippen LogP contribution in [0.5, 0.6) is 0 Å². The van der Waals surface area contributed by atoms with Crippen LogP contribution in [-0.2, 0) is 31.1 Å². The molecule has 15 nitrogen and oxygen atoms in total. The molecule has 0 radical (unpaired) electrons. The first-order valence-corrected chi connectivity index (χ1v) is 37.1. The number of nitrogens with zero attached hydrogens (tertiary/aromatic N) is 15. The molecule has 8 aliphatic rings. The molecule has 0 aliphatic carbocycles. The Morgan fingerprint density at radius 3 is 1.11 bits per heavy atom. The maximum Gasteiger partial charge on any atom is 0.271 e. The van der Waals surface area contributed by atoms with Crippen molar-refractivity contribution in [1.29, 1.82) is 0 Å². The average molecular weight is 1400 g/mol. The fraction of sp³-hybridized carbons (Fsp3) is 0.151. The molecule has 0 saturated heterocycles. The second kappa shape index (κ2) is 26.6. The second-order valence-corrected chi connectivity index (χ2v) is 29.4. The van der Waals surface area contributed by atoms with E-state index in [4.69, 9.17) is 26.5 Å². The predicted molar refractivity (Wildman–Crippen MR) is 436 cm³/mol. The van der Waals surface area contributed by atoms with Crippen LogP contribution in [0.25, 0.3) is 27.1 Å². The van der Waals surface area contributed by atoms with Crippen molar-refractivity contribution in [3.63, 3.8) is 0 Å². The predicted octanol–water partition coefficient (Wildman–Crippen LogP) is 21.6. The van der Waals surface area contributed by atoms with Gasteiger partial charge in [0.2, 0.25) is 0 Å². The zero-order valence-electron chi connectivity index (χ0n) is 60.7. The lowest BCUT2D eigenvalue weighted by molar-refractivity contribution is 0.590. The van der Waals surface area contributed by atoms with Crippen LogP contribution < -0.4 is 39.2 Å². The Morgan fingerprint density at radius 1 is 0.296 bits per heavy atom. The van der Waals surface area contributed by atoms with E-state index in [9.17, 15) is 0 Å². The fourth-order valence-corrected chi connectivity index (χ4v) is 17.3. The lowest BCUT2D eigenvalue weighted by atomic mass is 9.86.